The Labute approximate surface area is 470 Å². The zero-order valence-corrected chi connectivity index (χ0v) is 46.5. The van der Waals surface area contributed by atoms with Crippen LogP contribution in [0.4, 0.5) is 29.1 Å². The van der Waals surface area contributed by atoms with Gasteiger partial charge in [0, 0.05) is 69.7 Å². The molecule has 0 unspecified atom stereocenters. The van der Waals surface area contributed by atoms with Crippen LogP contribution in [0.15, 0.2) is 72.9 Å². The lowest BCUT2D eigenvalue weighted by atomic mass is 9.84. The number of alkyl halides is 4. The van der Waals surface area contributed by atoms with Crippen molar-refractivity contribution in [2.45, 2.75) is 141 Å². The average molecular weight is 1140 g/mol. The van der Waals surface area contributed by atoms with Crippen molar-refractivity contribution in [3.05, 3.63) is 101 Å². The molecule has 4 amide bonds. The van der Waals surface area contributed by atoms with Gasteiger partial charge in [0.1, 0.15) is 30.0 Å². The highest BCUT2D eigenvalue weighted by Crippen LogP contribution is 2.39. The molecule has 6 aromatic rings. The van der Waals surface area contributed by atoms with Gasteiger partial charge in [-0.15, -0.1) is 11.3 Å². The van der Waals surface area contributed by atoms with Crippen LogP contribution >= 0.6 is 11.3 Å². The Hall–Kier alpha value is -7.15. The van der Waals surface area contributed by atoms with Gasteiger partial charge in [-0.05, 0) is 84.7 Å². The molecule has 3 aliphatic rings. The van der Waals surface area contributed by atoms with Crippen molar-refractivity contribution in [2.24, 2.45) is 11.1 Å². The van der Waals surface area contributed by atoms with Crippen molar-refractivity contribution in [2.75, 3.05) is 43.4 Å². The molecule has 0 radical (unpaired) electrons. The van der Waals surface area contributed by atoms with E-state index in [9.17, 15) is 38.2 Å². The molecule has 19 nitrogen and oxygen atoms in total. The van der Waals surface area contributed by atoms with E-state index in [1.165, 1.54) is 29.8 Å². The number of aliphatic hydroxyl groups is 2. The van der Waals surface area contributed by atoms with Crippen LogP contribution in [-0.4, -0.2) is 142 Å². The van der Waals surface area contributed by atoms with Crippen molar-refractivity contribution in [3.63, 3.8) is 0 Å². The molecule has 9 rings (SSSR count). The number of halogens is 4. The number of amides is 4. The number of carbonyl (C=O) groups excluding carboxylic acids is 4. The summed E-state index contributed by atoms with van der Waals surface area (Å²) in [6.45, 7) is 8.65. The lowest BCUT2D eigenvalue weighted by molar-refractivity contribution is -0.144. The minimum absolute atomic E-state index is 0.0413. The van der Waals surface area contributed by atoms with Gasteiger partial charge in [0.05, 0.1) is 58.2 Å². The Bertz CT molecular complexity index is 3240. The third-order valence-corrected chi connectivity index (χ3v) is 16.8. The van der Waals surface area contributed by atoms with Crippen LogP contribution in [-0.2, 0) is 32.3 Å². The number of nitrogens with zero attached hydrogens (tertiary/aromatic N) is 9. The van der Waals surface area contributed by atoms with Gasteiger partial charge >= 0.3 is 0 Å². The number of likely N-dealkylation sites (tertiary alicyclic amines) is 2. The average Bonchev–Trinajstić information content (AvgIpc) is 4.39. The number of hydrogen-bond acceptors (Lipinski definition) is 15. The van der Waals surface area contributed by atoms with E-state index in [4.69, 9.17) is 11.5 Å². The molecule has 3 fully saturated rings. The van der Waals surface area contributed by atoms with Gasteiger partial charge in [-0.3, -0.25) is 24.2 Å². The summed E-state index contributed by atoms with van der Waals surface area (Å²) in [5.74, 6) is -1.47. The van der Waals surface area contributed by atoms with Gasteiger partial charge in [0.2, 0.25) is 23.6 Å². The molecule has 4 aromatic heterocycles. The largest absolute Gasteiger partial charge is 0.391 e. The highest BCUT2D eigenvalue weighted by Gasteiger charge is 2.45. The second kappa shape index (κ2) is 24.5. The number of anilines is 2. The number of nitrogens with two attached hydrogens (primary N) is 2. The van der Waals surface area contributed by atoms with Crippen LogP contribution in [0.5, 0.6) is 0 Å². The second-order valence-corrected chi connectivity index (χ2v) is 23.5. The molecular formula is C57H69F4N13O6S. The quantitative estimate of drug-likeness (QED) is 0.0503. The lowest BCUT2D eigenvalue weighted by Crippen LogP contribution is -2.63. The first-order chi connectivity index (χ1) is 38.6. The smallest absolute Gasteiger partial charge is 0.265 e. The number of pyridine rings is 1. The molecule has 0 spiro atoms. The molecule has 432 valence electrons. The van der Waals surface area contributed by atoms with Crippen molar-refractivity contribution in [3.8, 4) is 21.7 Å². The van der Waals surface area contributed by atoms with Crippen LogP contribution in [0, 0.1) is 12.3 Å². The summed E-state index contributed by atoms with van der Waals surface area (Å²) < 4.78 is 59.6. The Morgan fingerprint density at radius 1 is 0.951 bits per heavy atom. The summed E-state index contributed by atoms with van der Waals surface area (Å²) in [5.41, 5.74) is 17.4. The molecule has 5 atom stereocenters. The molecule has 24 heteroatoms. The van der Waals surface area contributed by atoms with Crippen LogP contribution in [0.3, 0.4) is 0 Å². The molecule has 8 N–H and O–H groups in total. The van der Waals surface area contributed by atoms with Gasteiger partial charge in [0.15, 0.2) is 11.5 Å². The van der Waals surface area contributed by atoms with E-state index in [1.807, 2.05) is 31.2 Å². The zero-order valence-electron chi connectivity index (χ0n) is 45.7. The zero-order chi connectivity index (χ0) is 57.9. The summed E-state index contributed by atoms with van der Waals surface area (Å²) >= 11 is 1.55. The molecular weight excluding hydrogens is 1070 g/mol. The van der Waals surface area contributed by atoms with Crippen molar-refractivity contribution < 1.29 is 47.0 Å². The summed E-state index contributed by atoms with van der Waals surface area (Å²) in [4.78, 5) is 82.3. The molecule has 0 bridgehead atoms. The third-order valence-electron chi connectivity index (χ3n) is 15.9. The molecule has 2 aromatic carbocycles. The molecule has 3 aliphatic heterocycles. The van der Waals surface area contributed by atoms with Gasteiger partial charge in [0.25, 0.3) is 12.9 Å². The number of piperidine rings is 2. The van der Waals surface area contributed by atoms with Gasteiger partial charge in [-0.25, -0.2) is 37.5 Å². The molecule has 81 heavy (non-hydrogen) atoms. The minimum Gasteiger partial charge on any atom is -0.391 e. The number of aromatic nitrogens is 6. The summed E-state index contributed by atoms with van der Waals surface area (Å²) in [6, 6.07) is 12.4. The van der Waals surface area contributed by atoms with E-state index in [0.717, 1.165) is 21.7 Å². The first kappa shape index (κ1) is 58.5. The van der Waals surface area contributed by atoms with Crippen molar-refractivity contribution in [1.82, 2.24) is 49.9 Å². The number of nitrogens with one attached hydrogen (secondary N) is 2. The molecule has 0 aliphatic carbocycles. The fraction of sp³-hybridized carbons (Fsp3) is 0.491. The van der Waals surface area contributed by atoms with Crippen molar-refractivity contribution >= 4 is 57.6 Å². The summed E-state index contributed by atoms with van der Waals surface area (Å²) in [6.07, 6.45) is -2.76. The standard InChI is InChI=1S/C57H69F4N13O6S/c1-32-47(81-31-69-32)35-11-9-33(10-12-35)24-65-54(79)42-23-38(75)27-74(42)55(80)48(56(2,3)4)70-44(76)7-5-8-45(77)71-19-15-34(16-20-71)36-13-14-39(40(21-36)50(58)59)41-22-37(26-73-30-68-46-52(62)66-29-67-53(46)73)43(25-64-41)72-18-6-17-57(63,28-72)49(78)51(60)61/h9-14,21-22,25,29-31,34,38,42,48-51,75,78H,5-8,15-20,23-24,26-28,63H2,1-4H3,(H,65,79)(H,70,76)(H2,62,66,67)/t38-,42+,48-,49+,57-/m1/s1. The number of benzene rings is 2. The monoisotopic (exact) mass is 1140 g/mol. The third kappa shape index (κ3) is 13.1. The van der Waals surface area contributed by atoms with E-state index in [0.29, 0.717) is 66.9 Å². The highest BCUT2D eigenvalue weighted by molar-refractivity contribution is 7.13. The summed E-state index contributed by atoms with van der Waals surface area (Å²) in [5, 5.41) is 26.9. The Morgan fingerprint density at radius 3 is 2.40 bits per heavy atom. The highest BCUT2D eigenvalue weighted by atomic mass is 32.1. The Balaban J connectivity index is 0.800. The Morgan fingerprint density at radius 2 is 1.70 bits per heavy atom. The number of rotatable bonds is 18. The van der Waals surface area contributed by atoms with Crippen molar-refractivity contribution in [1.29, 1.82) is 0 Å². The van der Waals surface area contributed by atoms with E-state index in [-0.39, 0.29) is 92.7 Å². The molecule has 3 saturated heterocycles. The first-order valence-corrected chi connectivity index (χ1v) is 28.1. The van der Waals surface area contributed by atoms with E-state index < -0.39 is 65.8 Å². The molecule has 0 saturated carbocycles. The van der Waals surface area contributed by atoms with Crippen LogP contribution < -0.4 is 27.0 Å². The number of aryl methyl sites for hydroxylation is 1. The predicted octanol–water partition coefficient (Wildman–Crippen LogP) is 6.50. The maximum atomic E-state index is 15.1. The number of hydrogen-bond donors (Lipinski definition) is 6. The second-order valence-electron chi connectivity index (χ2n) is 22.6. The number of imidazole rings is 1. The number of carbonyl (C=O) groups is 4. The maximum absolute atomic E-state index is 15.1. The number of fused-ring (bicyclic) bond motifs is 1. The maximum Gasteiger partial charge on any atom is 0.265 e. The van der Waals surface area contributed by atoms with Gasteiger partial charge in [-0.2, -0.15) is 0 Å². The van der Waals surface area contributed by atoms with Crippen LogP contribution in [0.2, 0.25) is 0 Å². The SMILES string of the molecule is Cc1ncsc1-c1ccc(CNC(=O)[C@@H]2C[C@@H](O)CN2C(=O)[C@@H](NC(=O)CCCC(=O)N2CCC(c3ccc(-c4cc(Cn5cnc6c(N)ncnc65)c(N5CCC[C@](N)([C@@H](O)C(F)F)C5)cn4)c(C(F)F)c3)CC2)C(C)(C)C)cc1. The van der Waals surface area contributed by atoms with E-state index >= 15 is 8.78 Å². The number of nitrogen functional groups attached to an aromatic ring is 1. The van der Waals surface area contributed by atoms with E-state index in [2.05, 4.69) is 35.6 Å². The number of aliphatic hydroxyl groups excluding tert-OH is 2. The predicted molar refractivity (Wildman–Crippen MR) is 298 cm³/mol. The fourth-order valence-electron chi connectivity index (χ4n) is 11.3. The van der Waals surface area contributed by atoms with Gasteiger partial charge in [-0.1, -0.05) is 57.2 Å². The lowest BCUT2D eigenvalue weighted by Gasteiger charge is -2.44. The number of β-amino-alcohol motifs (C(OH)–C–C–N with tert-alkyl or cyclic N) is 1. The Kier molecular flexibility index (Phi) is 17.7. The number of thiazole rings is 1. The summed E-state index contributed by atoms with van der Waals surface area (Å²) in [7, 11) is 0. The molecule has 7 heterocycles. The van der Waals surface area contributed by atoms with Crippen LogP contribution in [0.1, 0.15) is 112 Å². The normalized spacial score (nSPS) is 19.8. The van der Waals surface area contributed by atoms with Crippen LogP contribution in [0.25, 0.3) is 32.9 Å². The van der Waals surface area contributed by atoms with Gasteiger partial charge < -0.3 is 51.6 Å². The fourth-order valence-corrected chi connectivity index (χ4v) is 12.2. The topological polar surface area (TPSA) is 264 Å². The van der Waals surface area contributed by atoms with E-state index in [1.54, 1.807) is 70.2 Å². The first-order valence-electron chi connectivity index (χ1n) is 27.2. The minimum atomic E-state index is -3.06.